The van der Waals surface area contributed by atoms with Crippen molar-refractivity contribution < 1.29 is 9.53 Å². The first-order valence-electron chi connectivity index (χ1n) is 8.74. The third-order valence-electron chi connectivity index (χ3n) is 4.50. The Hall–Kier alpha value is -2.40. The fourth-order valence-corrected chi connectivity index (χ4v) is 3.02. The molecule has 5 nitrogen and oxygen atoms in total. The average molecular weight is 339 g/mol. The van der Waals surface area contributed by atoms with Crippen molar-refractivity contribution in [3.05, 3.63) is 59.3 Å². The highest BCUT2D eigenvalue weighted by atomic mass is 16.5. The van der Waals surface area contributed by atoms with Crippen molar-refractivity contribution in [2.24, 2.45) is 0 Å². The van der Waals surface area contributed by atoms with Gasteiger partial charge in [-0.05, 0) is 49.7 Å². The SMILES string of the molecule is CN(C)C(=O)c1ccc(COc2cccc(C3CCNCC3)n2)cc1. The Morgan fingerprint density at radius 3 is 2.56 bits per heavy atom. The number of nitrogens with one attached hydrogen (secondary N) is 1. The van der Waals surface area contributed by atoms with E-state index in [4.69, 9.17) is 4.74 Å². The van der Waals surface area contributed by atoms with Crippen molar-refractivity contribution in [2.75, 3.05) is 27.2 Å². The zero-order valence-electron chi connectivity index (χ0n) is 14.9. The van der Waals surface area contributed by atoms with Gasteiger partial charge in [-0.25, -0.2) is 4.98 Å². The summed E-state index contributed by atoms with van der Waals surface area (Å²) < 4.78 is 5.85. The lowest BCUT2D eigenvalue weighted by Gasteiger charge is -2.22. The van der Waals surface area contributed by atoms with Gasteiger partial charge in [-0.3, -0.25) is 4.79 Å². The molecule has 0 aliphatic carbocycles. The minimum absolute atomic E-state index is 0.00353. The predicted molar refractivity (Wildman–Crippen MR) is 97.9 cm³/mol. The number of amides is 1. The Labute approximate surface area is 149 Å². The third kappa shape index (κ3) is 4.57. The van der Waals surface area contributed by atoms with Crippen LogP contribution in [0.3, 0.4) is 0 Å². The minimum atomic E-state index is 0.00353. The lowest BCUT2D eigenvalue weighted by Crippen LogP contribution is -2.27. The Kier molecular flexibility index (Phi) is 5.66. The molecule has 0 radical (unpaired) electrons. The number of aromatic nitrogens is 1. The number of pyridine rings is 1. The monoisotopic (exact) mass is 339 g/mol. The van der Waals surface area contributed by atoms with Crippen LogP contribution in [-0.4, -0.2) is 43.0 Å². The van der Waals surface area contributed by atoms with E-state index in [1.807, 2.05) is 36.4 Å². The number of carbonyl (C=O) groups is 1. The molecule has 0 saturated carbocycles. The molecule has 1 saturated heterocycles. The molecule has 1 aromatic heterocycles. The van der Waals surface area contributed by atoms with Crippen LogP contribution in [0.25, 0.3) is 0 Å². The average Bonchev–Trinajstić information content (AvgIpc) is 2.67. The molecule has 0 unspecified atom stereocenters. The lowest BCUT2D eigenvalue weighted by atomic mass is 9.94. The molecule has 3 rings (SSSR count). The van der Waals surface area contributed by atoms with E-state index in [1.165, 1.54) is 0 Å². The zero-order valence-corrected chi connectivity index (χ0v) is 14.9. The molecular weight excluding hydrogens is 314 g/mol. The number of carbonyl (C=O) groups excluding carboxylic acids is 1. The number of hydrogen-bond donors (Lipinski definition) is 1. The minimum Gasteiger partial charge on any atom is -0.473 e. The standard InChI is InChI=1S/C20H25N3O2/c1-23(2)20(24)17-8-6-15(7-9-17)14-25-19-5-3-4-18(22-19)16-10-12-21-13-11-16/h3-9,16,21H,10-14H2,1-2H3. The molecule has 132 valence electrons. The molecule has 0 bridgehead atoms. The van der Waals surface area contributed by atoms with Crippen molar-refractivity contribution in [1.29, 1.82) is 0 Å². The van der Waals surface area contributed by atoms with Crippen LogP contribution in [0.15, 0.2) is 42.5 Å². The highest BCUT2D eigenvalue weighted by molar-refractivity contribution is 5.93. The number of benzene rings is 1. The number of nitrogens with zero attached hydrogens (tertiary/aromatic N) is 2. The van der Waals surface area contributed by atoms with E-state index in [2.05, 4.69) is 16.4 Å². The maximum absolute atomic E-state index is 11.9. The van der Waals surface area contributed by atoms with Crippen molar-refractivity contribution in [1.82, 2.24) is 15.2 Å². The highest BCUT2D eigenvalue weighted by Gasteiger charge is 2.16. The molecule has 0 spiro atoms. The number of piperidine rings is 1. The van der Waals surface area contributed by atoms with E-state index < -0.39 is 0 Å². The van der Waals surface area contributed by atoms with Gasteiger partial charge < -0.3 is 15.0 Å². The van der Waals surface area contributed by atoms with E-state index in [0.29, 0.717) is 24.0 Å². The van der Waals surface area contributed by atoms with Gasteiger partial charge >= 0.3 is 0 Å². The molecule has 2 heterocycles. The molecular formula is C20H25N3O2. The van der Waals surface area contributed by atoms with Gasteiger partial charge in [0.05, 0.1) is 0 Å². The molecule has 1 aliphatic heterocycles. The largest absolute Gasteiger partial charge is 0.473 e. The molecule has 1 aromatic carbocycles. The molecule has 1 fully saturated rings. The van der Waals surface area contributed by atoms with E-state index in [1.54, 1.807) is 19.0 Å². The Morgan fingerprint density at radius 1 is 1.16 bits per heavy atom. The summed E-state index contributed by atoms with van der Waals surface area (Å²) in [5.41, 5.74) is 2.81. The maximum atomic E-state index is 11.9. The van der Waals surface area contributed by atoms with Crippen LogP contribution in [0.4, 0.5) is 0 Å². The summed E-state index contributed by atoms with van der Waals surface area (Å²) in [6, 6.07) is 13.5. The third-order valence-corrected chi connectivity index (χ3v) is 4.50. The Morgan fingerprint density at radius 2 is 1.88 bits per heavy atom. The molecule has 25 heavy (non-hydrogen) atoms. The van der Waals surface area contributed by atoms with Crippen LogP contribution in [0.2, 0.25) is 0 Å². The van der Waals surface area contributed by atoms with Crippen LogP contribution in [-0.2, 0) is 6.61 Å². The fourth-order valence-electron chi connectivity index (χ4n) is 3.02. The predicted octanol–water partition coefficient (Wildman–Crippen LogP) is 2.83. The van der Waals surface area contributed by atoms with Gasteiger partial charge in [0, 0.05) is 37.3 Å². The topological polar surface area (TPSA) is 54.5 Å². The normalized spacial score (nSPS) is 15.0. The second-order valence-corrected chi connectivity index (χ2v) is 6.61. The summed E-state index contributed by atoms with van der Waals surface area (Å²) >= 11 is 0. The number of ether oxygens (including phenoxy) is 1. The van der Waals surface area contributed by atoms with Crippen LogP contribution in [0.1, 0.15) is 40.4 Å². The summed E-state index contributed by atoms with van der Waals surface area (Å²) in [5.74, 6) is 1.18. The first-order chi connectivity index (χ1) is 12.1. The summed E-state index contributed by atoms with van der Waals surface area (Å²) in [6.07, 6.45) is 2.25. The van der Waals surface area contributed by atoms with Crippen molar-refractivity contribution in [3.63, 3.8) is 0 Å². The Bertz CT molecular complexity index is 707. The maximum Gasteiger partial charge on any atom is 0.253 e. The van der Waals surface area contributed by atoms with Crippen molar-refractivity contribution in [3.8, 4) is 5.88 Å². The van der Waals surface area contributed by atoms with Crippen molar-refractivity contribution in [2.45, 2.75) is 25.4 Å². The highest BCUT2D eigenvalue weighted by Crippen LogP contribution is 2.25. The van der Waals surface area contributed by atoms with Crippen LogP contribution < -0.4 is 10.1 Å². The summed E-state index contributed by atoms with van der Waals surface area (Å²) in [5, 5.41) is 3.38. The van der Waals surface area contributed by atoms with E-state index >= 15 is 0 Å². The van der Waals surface area contributed by atoms with Gasteiger partial charge in [0.1, 0.15) is 6.61 Å². The quantitative estimate of drug-likeness (QED) is 0.910. The van der Waals surface area contributed by atoms with Gasteiger partial charge in [-0.2, -0.15) is 0 Å². The summed E-state index contributed by atoms with van der Waals surface area (Å²) in [6.45, 7) is 2.55. The van der Waals surface area contributed by atoms with Crippen LogP contribution >= 0.6 is 0 Å². The van der Waals surface area contributed by atoms with Gasteiger partial charge in [0.15, 0.2) is 0 Å². The fraction of sp³-hybridized carbons (Fsp3) is 0.400. The molecule has 1 aliphatic rings. The lowest BCUT2D eigenvalue weighted by molar-refractivity contribution is 0.0827. The second-order valence-electron chi connectivity index (χ2n) is 6.61. The molecule has 5 heteroatoms. The molecule has 1 amide bonds. The first-order valence-corrected chi connectivity index (χ1v) is 8.74. The van der Waals surface area contributed by atoms with Gasteiger partial charge in [0.2, 0.25) is 5.88 Å². The summed E-state index contributed by atoms with van der Waals surface area (Å²) in [7, 11) is 3.50. The first kappa shape index (κ1) is 17.4. The summed E-state index contributed by atoms with van der Waals surface area (Å²) in [4.78, 5) is 18.1. The van der Waals surface area contributed by atoms with Gasteiger partial charge in [-0.15, -0.1) is 0 Å². The Balaban J connectivity index is 1.60. The van der Waals surface area contributed by atoms with E-state index in [9.17, 15) is 4.79 Å². The second kappa shape index (κ2) is 8.12. The van der Waals surface area contributed by atoms with E-state index in [0.717, 1.165) is 37.2 Å². The van der Waals surface area contributed by atoms with Crippen molar-refractivity contribution >= 4 is 5.91 Å². The van der Waals surface area contributed by atoms with Crippen LogP contribution in [0.5, 0.6) is 5.88 Å². The van der Waals surface area contributed by atoms with Crippen LogP contribution in [0, 0.1) is 0 Å². The molecule has 1 N–H and O–H groups in total. The molecule has 2 aromatic rings. The van der Waals surface area contributed by atoms with Gasteiger partial charge in [-0.1, -0.05) is 18.2 Å². The number of hydrogen-bond acceptors (Lipinski definition) is 4. The molecule has 0 atom stereocenters. The van der Waals surface area contributed by atoms with E-state index in [-0.39, 0.29) is 5.91 Å². The number of rotatable bonds is 5. The van der Waals surface area contributed by atoms with Gasteiger partial charge in [0.25, 0.3) is 5.91 Å². The zero-order chi connectivity index (χ0) is 17.6. The smallest absolute Gasteiger partial charge is 0.253 e.